The van der Waals surface area contributed by atoms with Crippen LogP contribution in [-0.4, -0.2) is 15.8 Å². The summed E-state index contributed by atoms with van der Waals surface area (Å²) in [5.74, 6) is -0.381. The second kappa shape index (κ2) is 6.06. The van der Waals surface area contributed by atoms with Gasteiger partial charge in [-0.05, 0) is 34.1 Å². The zero-order chi connectivity index (χ0) is 15.6. The number of hydrogen-bond acceptors (Lipinski definition) is 5. The predicted molar refractivity (Wildman–Crippen MR) is 82.4 cm³/mol. The Morgan fingerprint density at radius 2 is 2.14 bits per heavy atom. The van der Waals surface area contributed by atoms with Crippen LogP contribution in [0, 0.1) is 10.1 Å². The summed E-state index contributed by atoms with van der Waals surface area (Å²) in [6, 6.07) is 5.62. The highest BCUT2D eigenvalue weighted by molar-refractivity contribution is 9.10. The van der Waals surface area contributed by atoms with Gasteiger partial charge in [0.15, 0.2) is 0 Å². The number of pyridine rings is 1. The highest BCUT2D eigenvalue weighted by Crippen LogP contribution is 2.28. The van der Waals surface area contributed by atoms with Crippen LogP contribution in [0.4, 0.5) is 17.2 Å². The molecule has 0 radical (unpaired) electrons. The van der Waals surface area contributed by atoms with Crippen molar-refractivity contribution in [3.05, 3.63) is 55.6 Å². The van der Waals surface area contributed by atoms with E-state index in [4.69, 9.17) is 17.3 Å². The number of carbonyl (C=O) groups excluding carboxylic acids is 1. The van der Waals surface area contributed by atoms with Crippen molar-refractivity contribution in [3.8, 4) is 0 Å². The monoisotopic (exact) mass is 370 g/mol. The third-order valence-electron chi connectivity index (χ3n) is 2.53. The predicted octanol–water partition coefficient (Wildman–Crippen LogP) is 3.24. The SMILES string of the molecule is Nc1ncc(C(=O)Nc2ccc(Br)c([N+](=O)[O-])c2)cc1Cl. The Hall–Kier alpha value is -2.19. The fraction of sp³-hybridized carbons (Fsp3) is 0. The van der Waals surface area contributed by atoms with Crippen LogP contribution in [0.25, 0.3) is 0 Å². The van der Waals surface area contributed by atoms with E-state index in [1.54, 1.807) is 0 Å². The molecule has 0 saturated carbocycles. The molecular formula is C12H8BrClN4O3. The number of amides is 1. The summed E-state index contributed by atoms with van der Waals surface area (Å²) in [6.45, 7) is 0. The second-order valence-electron chi connectivity index (χ2n) is 3.97. The van der Waals surface area contributed by atoms with Gasteiger partial charge in [-0.3, -0.25) is 14.9 Å². The van der Waals surface area contributed by atoms with Crippen LogP contribution in [0.2, 0.25) is 5.02 Å². The van der Waals surface area contributed by atoms with Crippen LogP contribution in [0.5, 0.6) is 0 Å². The van der Waals surface area contributed by atoms with Crippen molar-refractivity contribution in [3.63, 3.8) is 0 Å². The quantitative estimate of drug-likeness (QED) is 0.635. The minimum atomic E-state index is -0.554. The second-order valence-corrected chi connectivity index (χ2v) is 5.23. The van der Waals surface area contributed by atoms with Crippen molar-refractivity contribution < 1.29 is 9.72 Å². The van der Waals surface area contributed by atoms with E-state index >= 15 is 0 Å². The van der Waals surface area contributed by atoms with E-state index in [2.05, 4.69) is 26.2 Å². The molecule has 0 saturated heterocycles. The molecule has 3 N–H and O–H groups in total. The van der Waals surface area contributed by atoms with Gasteiger partial charge >= 0.3 is 0 Å². The van der Waals surface area contributed by atoms with Gasteiger partial charge in [0.25, 0.3) is 11.6 Å². The number of benzene rings is 1. The van der Waals surface area contributed by atoms with Crippen molar-refractivity contribution in [2.75, 3.05) is 11.1 Å². The average Bonchev–Trinajstić information content (AvgIpc) is 2.43. The topological polar surface area (TPSA) is 111 Å². The van der Waals surface area contributed by atoms with Crippen LogP contribution in [-0.2, 0) is 0 Å². The lowest BCUT2D eigenvalue weighted by Gasteiger charge is -2.06. The molecule has 1 heterocycles. The van der Waals surface area contributed by atoms with E-state index in [1.807, 2.05) is 0 Å². The van der Waals surface area contributed by atoms with Gasteiger partial charge in [0.1, 0.15) is 5.82 Å². The van der Waals surface area contributed by atoms with Crippen LogP contribution in [0.3, 0.4) is 0 Å². The average molecular weight is 372 g/mol. The third-order valence-corrected chi connectivity index (χ3v) is 3.51. The van der Waals surface area contributed by atoms with Gasteiger partial charge in [0, 0.05) is 18.0 Å². The molecule has 0 atom stereocenters. The molecule has 2 rings (SSSR count). The summed E-state index contributed by atoms with van der Waals surface area (Å²) >= 11 is 8.85. The first-order valence-corrected chi connectivity index (χ1v) is 6.72. The Morgan fingerprint density at radius 1 is 1.43 bits per heavy atom. The minimum Gasteiger partial charge on any atom is -0.382 e. The lowest BCUT2D eigenvalue weighted by atomic mass is 10.2. The van der Waals surface area contributed by atoms with Crippen molar-refractivity contribution in [1.29, 1.82) is 0 Å². The molecule has 108 valence electrons. The molecular weight excluding hydrogens is 364 g/mol. The fourth-order valence-corrected chi connectivity index (χ4v) is 2.06. The normalized spacial score (nSPS) is 10.2. The van der Waals surface area contributed by atoms with Gasteiger partial charge in [-0.1, -0.05) is 11.6 Å². The number of carbonyl (C=O) groups is 1. The molecule has 7 nitrogen and oxygen atoms in total. The molecule has 0 bridgehead atoms. The number of hydrogen-bond donors (Lipinski definition) is 2. The van der Waals surface area contributed by atoms with E-state index < -0.39 is 10.8 Å². The fourth-order valence-electron chi connectivity index (χ4n) is 1.51. The highest BCUT2D eigenvalue weighted by Gasteiger charge is 2.15. The van der Waals surface area contributed by atoms with Crippen LogP contribution >= 0.6 is 27.5 Å². The maximum atomic E-state index is 12.0. The molecule has 21 heavy (non-hydrogen) atoms. The Balaban J connectivity index is 2.25. The van der Waals surface area contributed by atoms with Gasteiger partial charge < -0.3 is 11.1 Å². The first kappa shape index (κ1) is 15.2. The molecule has 1 aromatic heterocycles. The van der Waals surface area contributed by atoms with Crippen LogP contribution < -0.4 is 11.1 Å². The van der Waals surface area contributed by atoms with Crippen LogP contribution in [0.15, 0.2) is 34.9 Å². The smallest absolute Gasteiger partial charge is 0.285 e. The highest BCUT2D eigenvalue weighted by atomic mass is 79.9. The summed E-state index contributed by atoms with van der Waals surface area (Å²) < 4.78 is 0.322. The van der Waals surface area contributed by atoms with E-state index in [-0.39, 0.29) is 27.8 Å². The number of aromatic nitrogens is 1. The zero-order valence-corrected chi connectivity index (χ0v) is 12.7. The van der Waals surface area contributed by atoms with Gasteiger partial charge in [-0.25, -0.2) is 4.98 Å². The molecule has 9 heteroatoms. The third kappa shape index (κ3) is 3.47. The van der Waals surface area contributed by atoms with Crippen molar-refractivity contribution in [2.45, 2.75) is 0 Å². The zero-order valence-electron chi connectivity index (χ0n) is 10.3. The first-order valence-electron chi connectivity index (χ1n) is 5.55. The molecule has 0 aliphatic carbocycles. The summed E-state index contributed by atoms with van der Waals surface area (Å²) in [5, 5.41) is 13.5. The summed E-state index contributed by atoms with van der Waals surface area (Å²) in [7, 11) is 0. The van der Waals surface area contributed by atoms with E-state index in [1.165, 1.54) is 30.5 Å². The summed E-state index contributed by atoms with van der Waals surface area (Å²) in [5.41, 5.74) is 5.78. The van der Waals surface area contributed by atoms with Crippen molar-refractivity contribution in [1.82, 2.24) is 4.98 Å². The van der Waals surface area contributed by atoms with E-state index in [9.17, 15) is 14.9 Å². The summed E-state index contributed by atoms with van der Waals surface area (Å²) in [4.78, 5) is 26.1. The minimum absolute atomic E-state index is 0.118. The number of halogens is 2. The molecule has 0 spiro atoms. The van der Waals surface area contributed by atoms with Gasteiger partial charge in [0.2, 0.25) is 0 Å². The number of nitro groups is 1. The van der Waals surface area contributed by atoms with E-state index in [0.29, 0.717) is 4.47 Å². The molecule has 0 fully saturated rings. The molecule has 2 aromatic rings. The number of anilines is 2. The first-order chi connectivity index (χ1) is 9.88. The Morgan fingerprint density at radius 3 is 2.76 bits per heavy atom. The maximum Gasteiger partial charge on any atom is 0.285 e. The lowest BCUT2D eigenvalue weighted by Crippen LogP contribution is -2.12. The van der Waals surface area contributed by atoms with E-state index in [0.717, 1.165) is 0 Å². The molecule has 0 aliphatic heterocycles. The maximum absolute atomic E-state index is 12.0. The van der Waals surface area contributed by atoms with Gasteiger partial charge in [0.05, 0.1) is 20.0 Å². The van der Waals surface area contributed by atoms with Gasteiger partial charge in [-0.2, -0.15) is 0 Å². The Kier molecular flexibility index (Phi) is 4.39. The molecule has 1 aromatic carbocycles. The van der Waals surface area contributed by atoms with Gasteiger partial charge in [-0.15, -0.1) is 0 Å². The van der Waals surface area contributed by atoms with Crippen LogP contribution in [0.1, 0.15) is 10.4 Å². The number of nitrogen functional groups attached to an aromatic ring is 1. The van der Waals surface area contributed by atoms with Crippen molar-refractivity contribution >= 4 is 50.6 Å². The number of nitro benzene ring substituents is 1. The number of nitrogens with one attached hydrogen (secondary N) is 1. The lowest BCUT2D eigenvalue weighted by molar-refractivity contribution is -0.385. The number of nitrogens with zero attached hydrogens (tertiary/aromatic N) is 2. The number of nitrogens with two attached hydrogens (primary N) is 1. The molecule has 1 amide bonds. The van der Waals surface area contributed by atoms with Crippen molar-refractivity contribution in [2.24, 2.45) is 0 Å². The number of rotatable bonds is 3. The molecule has 0 unspecified atom stereocenters. The summed E-state index contributed by atoms with van der Waals surface area (Å²) in [6.07, 6.45) is 1.27. The molecule has 0 aliphatic rings. The Labute approximate surface area is 132 Å². The standard InChI is InChI=1S/C12H8BrClN4O3/c13-8-2-1-7(4-10(8)18(20)21)17-12(19)6-3-9(14)11(15)16-5-6/h1-5H,(H2,15,16)(H,17,19). The Bertz CT molecular complexity index is 738. The largest absolute Gasteiger partial charge is 0.382 e.